The molecular formula is C14H13FN2O2. The number of hydrogen-bond acceptors (Lipinski definition) is 3. The molecule has 5 heteroatoms. The monoisotopic (exact) mass is 260 g/mol. The molecule has 0 aliphatic rings. The molecule has 98 valence electrons. The summed E-state index contributed by atoms with van der Waals surface area (Å²) in [5.74, 6) is -1.07. The number of pyridine rings is 1. The highest BCUT2D eigenvalue weighted by Crippen LogP contribution is 2.17. The number of aromatic nitrogens is 1. The Morgan fingerprint density at radius 1 is 1.42 bits per heavy atom. The summed E-state index contributed by atoms with van der Waals surface area (Å²) in [4.78, 5) is 15.2. The Balaban J connectivity index is 2.20. The summed E-state index contributed by atoms with van der Waals surface area (Å²) in [7, 11) is 0. The number of nitrogens with zero attached hydrogens (tertiary/aromatic N) is 1. The number of halogens is 1. The molecule has 0 radical (unpaired) electrons. The van der Waals surface area contributed by atoms with Gasteiger partial charge in [-0.05, 0) is 36.2 Å². The van der Waals surface area contributed by atoms with Crippen LogP contribution in [0.1, 0.15) is 21.5 Å². The Kier molecular flexibility index (Phi) is 3.75. The number of aromatic carboxylic acids is 1. The van der Waals surface area contributed by atoms with E-state index >= 15 is 0 Å². The zero-order valence-electron chi connectivity index (χ0n) is 10.4. The predicted octanol–water partition coefficient (Wildman–Crippen LogP) is 2.84. The third-order valence-corrected chi connectivity index (χ3v) is 2.72. The Hall–Kier alpha value is -2.43. The van der Waals surface area contributed by atoms with Crippen molar-refractivity contribution in [3.05, 3.63) is 59.0 Å². The van der Waals surface area contributed by atoms with Crippen molar-refractivity contribution in [3.8, 4) is 0 Å². The van der Waals surface area contributed by atoms with Gasteiger partial charge in [-0.2, -0.15) is 0 Å². The zero-order chi connectivity index (χ0) is 13.8. The van der Waals surface area contributed by atoms with Gasteiger partial charge in [0.1, 0.15) is 17.2 Å². The lowest BCUT2D eigenvalue weighted by Gasteiger charge is -2.10. The Labute approximate surface area is 109 Å². The largest absolute Gasteiger partial charge is 0.478 e. The summed E-state index contributed by atoms with van der Waals surface area (Å²) >= 11 is 0. The molecule has 1 aromatic carbocycles. The third kappa shape index (κ3) is 3.07. The standard InChI is InChI=1S/C14H13FN2O2/c1-9-5-6-16-13(12(9)14(18)19)17-8-10-3-2-4-11(15)7-10/h2-7H,8H2,1H3,(H,16,17)(H,18,19). The Bertz CT molecular complexity index is 614. The second-order valence-electron chi connectivity index (χ2n) is 4.14. The van der Waals surface area contributed by atoms with Gasteiger partial charge in [0.15, 0.2) is 0 Å². The second-order valence-corrected chi connectivity index (χ2v) is 4.14. The van der Waals surface area contributed by atoms with Crippen LogP contribution < -0.4 is 5.32 Å². The molecule has 0 bridgehead atoms. The summed E-state index contributed by atoms with van der Waals surface area (Å²) in [5, 5.41) is 12.1. The van der Waals surface area contributed by atoms with Crippen molar-refractivity contribution in [2.75, 3.05) is 5.32 Å². The molecule has 0 amide bonds. The molecule has 1 heterocycles. The number of carbonyl (C=O) groups is 1. The average molecular weight is 260 g/mol. The van der Waals surface area contributed by atoms with Gasteiger partial charge in [0, 0.05) is 12.7 Å². The van der Waals surface area contributed by atoms with Crippen molar-refractivity contribution in [2.45, 2.75) is 13.5 Å². The molecule has 0 fully saturated rings. The smallest absolute Gasteiger partial charge is 0.339 e. The number of benzene rings is 1. The van der Waals surface area contributed by atoms with Crippen LogP contribution in [0.15, 0.2) is 36.5 Å². The number of nitrogens with one attached hydrogen (secondary N) is 1. The molecule has 0 saturated heterocycles. The van der Waals surface area contributed by atoms with Crippen LogP contribution in [-0.4, -0.2) is 16.1 Å². The highest BCUT2D eigenvalue weighted by Gasteiger charge is 2.13. The van der Waals surface area contributed by atoms with Gasteiger partial charge in [-0.3, -0.25) is 0 Å². The van der Waals surface area contributed by atoms with E-state index in [0.29, 0.717) is 12.1 Å². The van der Waals surface area contributed by atoms with E-state index in [0.717, 1.165) is 5.56 Å². The Morgan fingerprint density at radius 3 is 2.89 bits per heavy atom. The molecule has 2 aromatic rings. The second kappa shape index (κ2) is 5.48. The summed E-state index contributed by atoms with van der Waals surface area (Å²) < 4.78 is 13.0. The van der Waals surface area contributed by atoms with Crippen LogP contribution in [0.2, 0.25) is 0 Å². The molecule has 2 N–H and O–H groups in total. The lowest BCUT2D eigenvalue weighted by molar-refractivity contribution is 0.0697. The molecule has 1 aromatic heterocycles. The lowest BCUT2D eigenvalue weighted by Crippen LogP contribution is -2.10. The van der Waals surface area contributed by atoms with Crippen LogP contribution in [-0.2, 0) is 6.54 Å². The highest BCUT2D eigenvalue weighted by atomic mass is 19.1. The number of rotatable bonds is 4. The number of carboxylic acid groups (broad SMARTS) is 1. The maximum Gasteiger partial charge on any atom is 0.339 e. The molecule has 0 aliphatic heterocycles. The maximum atomic E-state index is 13.0. The first-order chi connectivity index (χ1) is 9.08. The van der Waals surface area contributed by atoms with Crippen molar-refractivity contribution in [3.63, 3.8) is 0 Å². The first-order valence-corrected chi connectivity index (χ1v) is 5.75. The quantitative estimate of drug-likeness (QED) is 0.887. The molecular weight excluding hydrogens is 247 g/mol. The number of anilines is 1. The van der Waals surface area contributed by atoms with Gasteiger partial charge < -0.3 is 10.4 Å². The SMILES string of the molecule is Cc1ccnc(NCc2cccc(F)c2)c1C(=O)O. The first kappa shape index (κ1) is 13.0. The fourth-order valence-electron chi connectivity index (χ4n) is 1.79. The van der Waals surface area contributed by atoms with E-state index in [9.17, 15) is 9.18 Å². The van der Waals surface area contributed by atoms with Crippen molar-refractivity contribution in [1.29, 1.82) is 0 Å². The zero-order valence-corrected chi connectivity index (χ0v) is 10.4. The van der Waals surface area contributed by atoms with E-state index in [2.05, 4.69) is 10.3 Å². The maximum absolute atomic E-state index is 13.0. The molecule has 0 aliphatic carbocycles. The first-order valence-electron chi connectivity index (χ1n) is 5.75. The molecule has 0 atom stereocenters. The summed E-state index contributed by atoms with van der Waals surface area (Å²) in [6.07, 6.45) is 1.54. The van der Waals surface area contributed by atoms with E-state index in [4.69, 9.17) is 5.11 Å². The fraction of sp³-hybridized carbons (Fsp3) is 0.143. The molecule has 2 rings (SSSR count). The van der Waals surface area contributed by atoms with E-state index in [1.165, 1.54) is 18.3 Å². The van der Waals surface area contributed by atoms with Crippen molar-refractivity contribution >= 4 is 11.8 Å². The minimum Gasteiger partial charge on any atom is -0.478 e. The number of aryl methyl sites for hydroxylation is 1. The molecule has 0 unspecified atom stereocenters. The Morgan fingerprint density at radius 2 is 2.21 bits per heavy atom. The van der Waals surface area contributed by atoms with Crippen molar-refractivity contribution in [1.82, 2.24) is 4.98 Å². The van der Waals surface area contributed by atoms with Crippen molar-refractivity contribution < 1.29 is 14.3 Å². The van der Waals surface area contributed by atoms with E-state index in [-0.39, 0.29) is 17.2 Å². The van der Waals surface area contributed by atoms with Gasteiger partial charge in [0.2, 0.25) is 0 Å². The highest BCUT2D eigenvalue weighted by molar-refractivity contribution is 5.94. The lowest BCUT2D eigenvalue weighted by atomic mass is 10.1. The van der Waals surface area contributed by atoms with Crippen LogP contribution in [0.25, 0.3) is 0 Å². The van der Waals surface area contributed by atoms with E-state index in [1.54, 1.807) is 25.1 Å². The molecule has 0 spiro atoms. The van der Waals surface area contributed by atoms with E-state index in [1.807, 2.05) is 0 Å². The van der Waals surface area contributed by atoms with Gasteiger partial charge in [-0.1, -0.05) is 12.1 Å². The van der Waals surface area contributed by atoms with Gasteiger partial charge in [0.05, 0.1) is 0 Å². The topological polar surface area (TPSA) is 62.2 Å². The third-order valence-electron chi connectivity index (χ3n) is 2.72. The minimum atomic E-state index is -1.03. The van der Waals surface area contributed by atoms with Crippen LogP contribution >= 0.6 is 0 Å². The van der Waals surface area contributed by atoms with Gasteiger partial charge >= 0.3 is 5.97 Å². The van der Waals surface area contributed by atoms with Crippen LogP contribution in [0.5, 0.6) is 0 Å². The summed E-state index contributed by atoms with van der Waals surface area (Å²) in [6, 6.07) is 7.75. The fourth-order valence-corrected chi connectivity index (χ4v) is 1.79. The normalized spacial score (nSPS) is 10.2. The summed E-state index contributed by atoms with van der Waals surface area (Å²) in [6.45, 7) is 2.02. The number of carboxylic acids is 1. The molecule has 4 nitrogen and oxygen atoms in total. The summed E-state index contributed by atoms with van der Waals surface area (Å²) in [5.41, 5.74) is 1.49. The van der Waals surface area contributed by atoms with Gasteiger partial charge in [-0.15, -0.1) is 0 Å². The average Bonchev–Trinajstić information content (AvgIpc) is 2.36. The van der Waals surface area contributed by atoms with Gasteiger partial charge in [0.25, 0.3) is 0 Å². The van der Waals surface area contributed by atoms with E-state index < -0.39 is 5.97 Å². The minimum absolute atomic E-state index is 0.138. The molecule has 0 saturated carbocycles. The van der Waals surface area contributed by atoms with Crippen molar-refractivity contribution in [2.24, 2.45) is 0 Å². The predicted molar refractivity (Wildman–Crippen MR) is 69.7 cm³/mol. The van der Waals surface area contributed by atoms with Gasteiger partial charge in [-0.25, -0.2) is 14.2 Å². The number of hydrogen-bond donors (Lipinski definition) is 2. The van der Waals surface area contributed by atoms with Crippen LogP contribution in [0.4, 0.5) is 10.2 Å². The van der Waals surface area contributed by atoms with Crippen LogP contribution in [0.3, 0.4) is 0 Å². The molecule has 19 heavy (non-hydrogen) atoms. The van der Waals surface area contributed by atoms with Crippen LogP contribution in [0, 0.1) is 12.7 Å².